The van der Waals surface area contributed by atoms with Crippen LogP contribution >= 0.6 is 22.7 Å². The molecule has 0 aliphatic carbocycles. The summed E-state index contributed by atoms with van der Waals surface area (Å²) in [4.78, 5) is 65.4. The number of carbonyl (C=O) groups excluding carboxylic acids is 3. The number of nitrogens with zero attached hydrogens (tertiary/aromatic N) is 16. The number of pyridine rings is 5. The Morgan fingerprint density at radius 3 is 1.46 bits per heavy atom. The number of hydrogen-bond donors (Lipinski definition) is 3. The Balaban J connectivity index is 0.000000130. The molecule has 0 unspecified atom stereocenters. The molecular formula is C90H73N19O4S2. The van der Waals surface area contributed by atoms with Crippen LogP contribution in [0.1, 0.15) is 138 Å². The summed E-state index contributed by atoms with van der Waals surface area (Å²) in [5.74, 6) is 18.5. The summed E-state index contributed by atoms with van der Waals surface area (Å²) in [5, 5.41) is 40.5. The summed E-state index contributed by atoms with van der Waals surface area (Å²) in [7, 11) is 5.58. The number of fused-ring (bicyclic) bond motifs is 6. The van der Waals surface area contributed by atoms with Gasteiger partial charge < -0.3 is 16.0 Å². The number of para-hydroxylation sites is 1. The number of aryl methyl sites for hydroxylation is 6. The number of hydrogen-bond acceptors (Lipinski definition) is 14. The largest absolute Gasteiger partial charge is 0.345 e. The maximum Gasteiger partial charge on any atom is 0.338 e. The van der Waals surface area contributed by atoms with Gasteiger partial charge in [-0.25, -0.2) is 28.3 Å². The zero-order valence-corrected chi connectivity index (χ0v) is 65.6. The van der Waals surface area contributed by atoms with E-state index >= 15 is 0 Å². The number of nitrogens with one attached hydrogen (secondary N) is 3. The van der Waals surface area contributed by atoms with E-state index in [0.717, 1.165) is 98.4 Å². The molecule has 3 N–H and O–H groups in total. The maximum atomic E-state index is 14.0. The van der Waals surface area contributed by atoms with E-state index in [-0.39, 0.29) is 35.5 Å². The molecule has 23 nitrogen and oxygen atoms in total. The molecule has 0 radical (unpaired) electrons. The van der Waals surface area contributed by atoms with Gasteiger partial charge >= 0.3 is 5.69 Å². The van der Waals surface area contributed by atoms with Crippen LogP contribution in [0.2, 0.25) is 0 Å². The van der Waals surface area contributed by atoms with Gasteiger partial charge in [-0.3, -0.25) is 37.4 Å². The maximum absolute atomic E-state index is 14.0. The Morgan fingerprint density at radius 2 is 0.939 bits per heavy atom. The topological polar surface area (TPSA) is 245 Å². The molecule has 25 heteroatoms. The van der Waals surface area contributed by atoms with Gasteiger partial charge in [-0.05, 0) is 132 Å². The predicted octanol–water partition coefficient (Wildman–Crippen LogP) is 14.8. The van der Waals surface area contributed by atoms with Crippen LogP contribution < -0.4 is 21.6 Å². The number of carbonyl (C=O) groups is 3. The number of rotatable bonds is 12. The highest BCUT2D eigenvalue weighted by Crippen LogP contribution is 2.37. The van der Waals surface area contributed by atoms with Gasteiger partial charge in [0, 0.05) is 96.7 Å². The molecule has 0 spiro atoms. The predicted molar refractivity (Wildman–Crippen MR) is 448 cm³/mol. The Morgan fingerprint density at radius 1 is 0.470 bits per heavy atom. The molecule has 3 aromatic carbocycles. The lowest BCUT2D eigenvalue weighted by molar-refractivity contribution is 0.0931. The Hall–Kier alpha value is -14.8. The van der Waals surface area contributed by atoms with E-state index < -0.39 is 6.04 Å². The summed E-state index contributed by atoms with van der Waals surface area (Å²) in [6.07, 6.45) is 16.3. The van der Waals surface area contributed by atoms with Crippen LogP contribution in [0, 0.1) is 56.3 Å². The number of benzene rings is 3. The molecule has 18 aromatic rings. The molecule has 3 amide bonds. The van der Waals surface area contributed by atoms with Gasteiger partial charge in [0.2, 0.25) is 0 Å². The Labute approximate surface area is 667 Å². The van der Waals surface area contributed by atoms with Gasteiger partial charge in [-0.1, -0.05) is 127 Å². The van der Waals surface area contributed by atoms with Gasteiger partial charge in [-0.2, -0.15) is 30.6 Å². The second-order valence-electron chi connectivity index (χ2n) is 27.6. The van der Waals surface area contributed by atoms with Crippen molar-refractivity contribution in [2.45, 2.75) is 59.7 Å². The van der Waals surface area contributed by atoms with E-state index in [4.69, 9.17) is 9.97 Å². The third-order valence-electron chi connectivity index (χ3n) is 19.5. The van der Waals surface area contributed by atoms with Crippen molar-refractivity contribution in [2.24, 2.45) is 21.1 Å². The molecular weight excluding hydrogens is 1480 g/mol. The third-order valence-corrected chi connectivity index (χ3v) is 21.3. The molecule has 15 heterocycles. The van der Waals surface area contributed by atoms with E-state index in [9.17, 15) is 19.2 Å². The standard InChI is InChI=1S/C30H25N7O2.2C30H24N6OS/c1-20(32-29(38)28-21(2)33-35-16-8-7-11-26(28)35)27-17-25-15-14-24(13-12-22-18-31-34(3)19-22)36(25)30(39)37(27)23-9-5-4-6-10-23;1-19-27(26-11-7-8-14-36(26)34-19)29(37)32-20(2)28-24(22-9-5-4-6-10-22)15-25-23(18-38-30(25)33-28)13-12-21-16-31-35(3)17-21;1-19(32-30(37)27-20(2)34-36-14-8-7-11-25(27)36)24-15-26-29(33-28(24)22-9-5-4-6-10-22)23(18-38-26)13-12-21-16-31-35(3)17-21/h4-11,14-20H,1-3H3,(H,32,38);4-11,14-18,20H,1-3H3,(H,32,37);4-11,14-19H,1-3H3,(H,32,37)/t2*20-;19-/m000/s1. The van der Waals surface area contributed by atoms with E-state index in [1.54, 1.807) is 77.8 Å². The van der Waals surface area contributed by atoms with Crippen molar-refractivity contribution in [3.8, 4) is 63.6 Å². The molecule has 0 saturated heterocycles. The van der Waals surface area contributed by atoms with Crippen molar-refractivity contribution >= 4 is 82.9 Å². The fourth-order valence-electron chi connectivity index (χ4n) is 14.0. The minimum absolute atomic E-state index is 0.162. The summed E-state index contributed by atoms with van der Waals surface area (Å²) < 4.78 is 14.5. The lowest BCUT2D eigenvalue weighted by Gasteiger charge is -2.20. The van der Waals surface area contributed by atoms with Crippen LogP contribution in [0.15, 0.2) is 247 Å². The monoisotopic (exact) mass is 1550 g/mol. The molecule has 18 rings (SSSR count). The molecule has 0 aliphatic heterocycles. The van der Waals surface area contributed by atoms with Gasteiger partial charge in [0.05, 0.1) is 148 Å². The zero-order chi connectivity index (χ0) is 79.5. The van der Waals surface area contributed by atoms with Crippen LogP contribution in [-0.2, 0) is 21.1 Å². The Bertz CT molecular complexity index is 6780. The van der Waals surface area contributed by atoms with E-state index in [1.165, 1.54) is 0 Å². The van der Waals surface area contributed by atoms with Gasteiger partial charge in [0.25, 0.3) is 17.7 Å². The van der Waals surface area contributed by atoms with Gasteiger partial charge in [-0.15, -0.1) is 22.7 Å². The first-order chi connectivity index (χ1) is 55.9. The second kappa shape index (κ2) is 31.9. The minimum atomic E-state index is -0.492. The molecule has 15 aromatic heterocycles. The third kappa shape index (κ3) is 15.3. The lowest BCUT2D eigenvalue weighted by atomic mass is 9.98. The Kier molecular flexibility index (Phi) is 20.6. The first-order valence-electron chi connectivity index (χ1n) is 36.9. The van der Waals surface area contributed by atoms with Crippen LogP contribution in [0.3, 0.4) is 0 Å². The fraction of sp³-hybridized carbons (Fsp3) is 0.133. The highest BCUT2D eigenvalue weighted by molar-refractivity contribution is 7.17. The normalized spacial score (nSPS) is 11.9. The summed E-state index contributed by atoms with van der Waals surface area (Å²) >= 11 is 3.15. The quantitative estimate of drug-likeness (QED) is 0.0967. The summed E-state index contributed by atoms with van der Waals surface area (Å²) in [6, 6.07) is 55.3. The lowest BCUT2D eigenvalue weighted by Crippen LogP contribution is -2.34. The number of amides is 3. The van der Waals surface area contributed by atoms with Crippen molar-refractivity contribution in [3.05, 3.63) is 337 Å². The van der Waals surface area contributed by atoms with Gasteiger partial charge in [0.15, 0.2) is 0 Å². The summed E-state index contributed by atoms with van der Waals surface area (Å²) in [6.45, 7) is 11.4. The van der Waals surface area contributed by atoms with E-state index in [0.29, 0.717) is 56.4 Å². The first kappa shape index (κ1) is 74.3. The average Bonchev–Trinajstić information content (AvgIpc) is 1.45. The molecule has 0 saturated carbocycles. The van der Waals surface area contributed by atoms with Crippen molar-refractivity contribution in [1.82, 2.24) is 93.1 Å². The van der Waals surface area contributed by atoms with E-state index in [1.807, 2.05) is 262 Å². The number of aromatic nitrogens is 16. The van der Waals surface area contributed by atoms with Crippen molar-refractivity contribution < 1.29 is 14.4 Å². The molecule has 0 aliphatic rings. The van der Waals surface area contributed by atoms with Crippen LogP contribution in [0.5, 0.6) is 0 Å². The molecule has 3 atom stereocenters. The summed E-state index contributed by atoms with van der Waals surface area (Å²) in [5.41, 5.74) is 18.9. The molecule has 0 bridgehead atoms. The molecule has 0 fully saturated rings. The minimum Gasteiger partial charge on any atom is -0.345 e. The highest BCUT2D eigenvalue weighted by atomic mass is 32.1. The molecule has 564 valence electrons. The van der Waals surface area contributed by atoms with Gasteiger partial charge in [0.1, 0.15) is 10.5 Å². The smallest absolute Gasteiger partial charge is 0.338 e. The fourth-order valence-corrected chi connectivity index (χ4v) is 15.8. The van der Waals surface area contributed by atoms with Crippen molar-refractivity contribution in [1.29, 1.82) is 0 Å². The van der Waals surface area contributed by atoms with Crippen LogP contribution in [0.25, 0.3) is 70.6 Å². The van der Waals surface area contributed by atoms with Crippen molar-refractivity contribution in [3.63, 3.8) is 0 Å². The highest BCUT2D eigenvalue weighted by Gasteiger charge is 2.27. The first-order valence-corrected chi connectivity index (χ1v) is 38.7. The average molecular weight is 1550 g/mol. The SMILES string of the molecule is Cc1nn2ccccc2c1C(=O)N[C@@H](C)c1cc2ccc(C#Cc3cnn(C)c3)n2c(=O)n1-c1ccccc1.Cc1nn2ccccc2c1C(=O)N[C@@H](C)c1cc2scc(C#Cc3cnn(C)c3)c2nc1-c1ccccc1.Cc1nn2ccccc2c1C(=O)N[C@@H](C)c1nc2scc(C#Cc3cnn(C)c3)c2cc1-c1ccccc1. The van der Waals surface area contributed by atoms with Crippen LogP contribution in [-0.4, -0.2) is 94.8 Å². The zero-order valence-electron chi connectivity index (χ0n) is 63.9. The van der Waals surface area contributed by atoms with Crippen LogP contribution in [0.4, 0.5) is 0 Å². The number of thiophene rings is 2. The molecule has 115 heavy (non-hydrogen) atoms. The second-order valence-corrected chi connectivity index (χ2v) is 29.4. The van der Waals surface area contributed by atoms with E-state index in [2.05, 4.69) is 106 Å². The van der Waals surface area contributed by atoms with Crippen molar-refractivity contribution in [2.75, 3.05) is 0 Å².